The van der Waals surface area contributed by atoms with Gasteiger partial charge in [0.15, 0.2) is 0 Å². The number of hydrogen-bond donors (Lipinski definition) is 2. The summed E-state index contributed by atoms with van der Waals surface area (Å²) in [5.74, 6) is 0.493. The lowest BCUT2D eigenvalue weighted by Gasteiger charge is -2.11. The molecule has 0 fully saturated rings. The molecule has 66 valence electrons. The van der Waals surface area contributed by atoms with Gasteiger partial charge in [-0.15, -0.1) is 0 Å². The number of nitrogen functional groups attached to an aromatic ring is 1. The fourth-order valence-corrected chi connectivity index (χ4v) is 1.34. The van der Waals surface area contributed by atoms with Gasteiger partial charge in [0.25, 0.3) is 0 Å². The molecule has 0 aliphatic carbocycles. The van der Waals surface area contributed by atoms with Crippen molar-refractivity contribution in [2.75, 3.05) is 5.73 Å². The number of hydrogen-bond acceptors (Lipinski definition) is 2. The van der Waals surface area contributed by atoms with E-state index in [9.17, 15) is 0 Å². The standard InChI is InChI=1S/C10H16N2/c1-7(2)10-5-9(12)4-3-8(10)6-11/h3-5,7H,6,11-12H2,1-2H3. The summed E-state index contributed by atoms with van der Waals surface area (Å²) in [6, 6.07) is 5.91. The van der Waals surface area contributed by atoms with Crippen molar-refractivity contribution in [2.45, 2.75) is 26.3 Å². The largest absolute Gasteiger partial charge is 0.399 e. The van der Waals surface area contributed by atoms with Crippen LogP contribution in [0.2, 0.25) is 0 Å². The predicted octanol–water partition coefficient (Wildman–Crippen LogP) is 1.85. The average molecular weight is 164 g/mol. The number of nitrogens with two attached hydrogens (primary N) is 2. The van der Waals surface area contributed by atoms with Gasteiger partial charge in [-0.2, -0.15) is 0 Å². The molecular formula is C10H16N2. The Bertz CT molecular complexity index is 267. The van der Waals surface area contributed by atoms with E-state index in [1.165, 1.54) is 11.1 Å². The average Bonchev–Trinajstić information content (AvgIpc) is 2.04. The second kappa shape index (κ2) is 3.59. The first-order chi connectivity index (χ1) is 5.65. The molecule has 2 nitrogen and oxygen atoms in total. The van der Waals surface area contributed by atoms with Crippen LogP contribution in [0, 0.1) is 0 Å². The van der Waals surface area contributed by atoms with Gasteiger partial charge in [0.1, 0.15) is 0 Å². The fraction of sp³-hybridized carbons (Fsp3) is 0.400. The highest BCUT2D eigenvalue weighted by Gasteiger charge is 2.04. The molecule has 0 aliphatic rings. The van der Waals surface area contributed by atoms with E-state index in [-0.39, 0.29) is 0 Å². The normalized spacial score (nSPS) is 10.7. The van der Waals surface area contributed by atoms with E-state index in [1.54, 1.807) is 0 Å². The molecule has 0 aromatic heterocycles. The molecule has 0 atom stereocenters. The minimum atomic E-state index is 0.493. The van der Waals surface area contributed by atoms with Gasteiger partial charge < -0.3 is 11.5 Å². The molecule has 0 amide bonds. The zero-order chi connectivity index (χ0) is 9.14. The molecule has 1 aromatic carbocycles. The van der Waals surface area contributed by atoms with Gasteiger partial charge in [0.05, 0.1) is 0 Å². The molecule has 1 rings (SSSR count). The van der Waals surface area contributed by atoms with E-state index in [0.29, 0.717) is 12.5 Å². The van der Waals surface area contributed by atoms with Crippen molar-refractivity contribution >= 4 is 5.69 Å². The van der Waals surface area contributed by atoms with Crippen LogP contribution in [0.15, 0.2) is 18.2 Å². The molecule has 4 N–H and O–H groups in total. The summed E-state index contributed by atoms with van der Waals surface area (Å²) in [6.07, 6.45) is 0. The summed E-state index contributed by atoms with van der Waals surface area (Å²) in [5, 5.41) is 0. The van der Waals surface area contributed by atoms with Gasteiger partial charge in [-0.3, -0.25) is 0 Å². The lowest BCUT2D eigenvalue weighted by molar-refractivity contribution is 0.840. The molecule has 0 saturated heterocycles. The highest BCUT2D eigenvalue weighted by molar-refractivity contribution is 5.45. The zero-order valence-electron chi connectivity index (χ0n) is 7.67. The van der Waals surface area contributed by atoms with Crippen molar-refractivity contribution in [2.24, 2.45) is 5.73 Å². The van der Waals surface area contributed by atoms with Crippen molar-refractivity contribution < 1.29 is 0 Å². The maximum atomic E-state index is 5.68. The summed E-state index contributed by atoms with van der Waals surface area (Å²) in [5.41, 5.74) is 14.5. The van der Waals surface area contributed by atoms with E-state index >= 15 is 0 Å². The topological polar surface area (TPSA) is 52.0 Å². The van der Waals surface area contributed by atoms with Crippen molar-refractivity contribution in [3.8, 4) is 0 Å². The first kappa shape index (κ1) is 9.07. The molecule has 0 bridgehead atoms. The molecule has 1 aromatic rings. The third-order valence-electron chi connectivity index (χ3n) is 2.01. The molecule has 2 heteroatoms. The van der Waals surface area contributed by atoms with Crippen LogP contribution in [-0.2, 0) is 6.54 Å². The fourth-order valence-electron chi connectivity index (χ4n) is 1.34. The molecule has 0 unspecified atom stereocenters. The van der Waals surface area contributed by atoms with Crippen LogP contribution in [0.25, 0.3) is 0 Å². The van der Waals surface area contributed by atoms with Crippen LogP contribution < -0.4 is 11.5 Å². The summed E-state index contributed by atoms with van der Waals surface area (Å²) < 4.78 is 0. The van der Waals surface area contributed by atoms with E-state index in [2.05, 4.69) is 13.8 Å². The molecule has 12 heavy (non-hydrogen) atoms. The van der Waals surface area contributed by atoms with Gasteiger partial charge in [-0.05, 0) is 29.2 Å². The maximum absolute atomic E-state index is 5.68. The molecule has 0 spiro atoms. The van der Waals surface area contributed by atoms with Crippen LogP contribution in [-0.4, -0.2) is 0 Å². The van der Waals surface area contributed by atoms with E-state index in [4.69, 9.17) is 11.5 Å². The Morgan fingerprint density at radius 1 is 1.33 bits per heavy atom. The Labute approximate surface area is 73.6 Å². The summed E-state index contributed by atoms with van der Waals surface area (Å²) in [4.78, 5) is 0. The summed E-state index contributed by atoms with van der Waals surface area (Å²) in [6.45, 7) is 4.88. The third-order valence-corrected chi connectivity index (χ3v) is 2.01. The second-order valence-electron chi connectivity index (χ2n) is 3.32. The smallest absolute Gasteiger partial charge is 0.0317 e. The third kappa shape index (κ3) is 1.77. The van der Waals surface area contributed by atoms with Crippen LogP contribution >= 0.6 is 0 Å². The molecule has 0 heterocycles. The Morgan fingerprint density at radius 3 is 2.50 bits per heavy atom. The van der Waals surface area contributed by atoms with Crippen LogP contribution in [0.4, 0.5) is 5.69 Å². The molecule has 0 saturated carbocycles. The number of rotatable bonds is 2. The Balaban J connectivity index is 3.12. The van der Waals surface area contributed by atoms with E-state index in [1.807, 2.05) is 18.2 Å². The monoisotopic (exact) mass is 164 g/mol. The number of benzene rings is 1. The quantitative estimate of drug-likeness (QED) is 0.655. The van der Waals surface area contributed by atoms with Crippen molar-refractivity contribution in [3.05, 3.63) is 29.3 Å². The van der Waals surface area contributed by atoms with E-state index in [0.717, 1.165) is 5.69 Å². The van der Waals surface area contributed by atoms with Gasteiger partial charge >= 0.3 is 0 Å². The van der Waals surface area contributed by atoms with Crippen molar-refractivity contribution in [1.29, 1.82) is 0 Å². The summed E-state index contributed by atoms with van der Waals surface area (Å²) in [7, 11) is 0. The zero-order valence-corrected chi connectivity index (χ0v) is 7.67. The van der Waals surface area contributed by atoms with Gasteiger partial charge in [0, 0.05) is 12.2 Å². The lowest BCUT2D eigenvalue weighted by atomic mass is 9.97. The van der Waals surface area contributed by atoms with Crippen molar-refractivity contribution in [3.63, 3.8) is 0 Å². The highest BCUT2D eigenvalue weighted by Crippen LogP contribution is 2.21. The SMILES string of the molecule is CC(C)c1cc(N)ccc1CN. The first-order valence-corrected chi connectivity index (χ1v) is 4.23. The molecular weight excluding hydrogens is 148 g/mol. The summed E-state index contributed by atoms with van der Waals surface area (Å²) >= 11 is 0. The predicted molar refractivity (Wildman–Crippen MR) is 52.8 cm³/mol. The maximum Gasteiger partial charge on any atom is 0.0317 e. The highest BCUT2D eigenvalue weighted by atomic mass is 14.6. The molecule has 0 radical (unpaired) electrons. The Kier molecular flexibility index (Phi) is 2.71. The van der Waals surface area contributed by atoms with E-state index < -0.39 is 0 Å². The minimum absolute atomic E-state index is 0.493. The number of anilines is 1. The minimum Gasteiger partial charge on any atom is -0.399 e. The first-order valence-electron chi connectivity index (χ1n) is 4.23. The van der Waals surface area contributed by atoms with Gasteiger partial charge in [0.2, 0.25) is 0 Å². The van der Waals surface area contributed by atoms with Crippen LogP contribution in [0.1, 0.15) is 30.9 Å². The molecule has 0 aliphatic heterocycles. The van der Waals surface area contributed by atoms with Gasteiger partial charge in [-0.25, -0.2) is 0 Å². The second-order valence-corrected chi connectivity index (χ2v) is 3.32. The van der Waals surface area contributed by atoms with Crippen LogP contribution in [0.3, 0.4) is 0 Å². The Morgan fingerprint density at radius 2 is 2.00 bits per heavy atom. The lowest BCUT2D eigenvalue weighted by Crippen LogP contribution is -2.03. The van der Waals surface area contributed by atoms with Crippen LogP contribution in [0.5, 0.6) is 0 Å². The van der Waals surface area contributed by atoms with Gasteiger partial charge in [-0.1, -0.05) is 19.9 Å². The van der Waals surface area contributed by atoms with Crippen molar-refractivity contribution in [1.82, 2.24) is 0 Å². The Hall–Kier alpha value is -1.02.